The molecule has 122 valence electrons. The predicted molar refractivity (Wildman–Crippen MR) is 101 cm³/mol. The minimum absolute atomic E-state index is 0.0692. The summed E-state index contributed by atoms with van der Waals surface area (Å²) in [7, 11) is 0. The quantitative estimate of drug-likeness (QED) is 0.690. The molecule has 1 atom stereocenters. The molecule has 5 heteroatoms. The van der Waals surface area contributed by atoms with Gasteiger partial charge in [-0.3, -0.25) is 4.79 Å². The lowest BCUT2D eigenvalue weighted by atomic mass is 10.00. The van der Waals surface area contributed by atoms with Gasteiger partial charge in [-0.2, -0.15) is 0 Å². The molecule has 2 N–H and O–H groups in total. The summed E-state index contributed by atoms with van der Waals surface area (Å²) in [4.78, 5) is 16.2. The topological polar surface area (TPSA) is 54.0 Å². The number of amides is 1. The van der Waals surface area contributed by atoms with Crippen LogP contribution < -0.4 is 10.6 Å². The Morgan fingerprint density at radius 2 is 1.92 bits per heavy atom. The molecular formula is C19H18BrN3O. The molecule has 0 fully saturated rings. The van der Waals surface area contributed by atoms with E-state index in [1.807, 2.05) is 24.3 Å². The van der Waals surface area contributed by atoms with E-state index in [4.69, 9.17) is 0 Å². The Bertz CT molecular complexity index is 843. The van der Waals surface area contributed by atoms with E-state index >= 15 is 0 Å². The lowest BCUT2D eigenvalue weighted by Gasteiger charge is -2.16. The van der Waals surface area contributed by atoms with Crippen molar-refractivity contribution in [3.63, 3.8) is 0 Å². The van der Waals surface area contributed by atoms with Crippen molar-refractivity contribution < 1.29 is 4.79 Å². The van der Waals surface area contributed by atoms with Crippen LogP contribution in [-0.4, -0.2) is 17.4 Å². The highest BCUT2D eigenvalue weighted by molar-refractivity contribution is 9.10. The third-order valence-corrected chi connectivity index (χ3v) is 4.32. The average Bonchev–Trinajstić information content (AvgIpc) is 2.61. The van der Waals surface area contributed by atoms with E-state index in [9.17, 15) is 4.79 Å². The number of carbonyl (C=O) groups is 1. The van der Waals surface area contributed by atoms with Crippen LogP contribution in [0.3, 0.4) is 0 Å². The normalized spacial score (nSPS) is 12.1. The van der Waals surface area contributed by atoms with Crippen molar-refractivity contribution in [2.24, 2.45) is 0 Å². The molecule has 0 bridgehead atoms. The number of anilines is 1. The van der Waals surface area contributed by atoms with Crippen molar-refractivity contribution >= 4 is 38.4 Å². The number of hydrogen-bond donors (Lipinski definition) is 2. The molecule has 0 saturated heterocycles. The van der Waals surface area contributed by atoms with Crippen LogP contribution in [0, 0.1) is 0 Å². The van der Waals surface area contributed by atoms with Gasteiger partial charge in [0.1, 0.15) is 5.82 Å². The summed E-state index contributed by atoms with van der Waals surface area (Å²) in [5.74, 6) is 0.430. The largest absolute Gasteiger partial charge is 0.310 e. The number of carbonyl (C=O) groups excluding carboxylic acids is 1. The molecule has 0 aliphatic heterocycles. The number of pyridine rings is 1. The second kappa shape index (κ2) is 7.55. The number of benzene rings is 2. The first-order chi connectivity index (χ1) is 11.6. The molecule has 1 unspecified atom stereocenters. The molecule has 24 heavy (non-hydrogen) atoms. The Hall–Kier alpha value is -2.24. The molecule has 1 aromatic heterocycles. The Morgan fingerprint density at radius 3 is 2.71 bits per heavy atom. The number of hydrogen-bond acceptors (Lipinski definition) is 3. The summed E-state index contributed by atoms with van der Waals surface area (Å²) >= 11 is 3.32. The van der Waals surface area contributed by atoms with Crippen molar-refractivity contribution in [1.29, 1.82) is 0 Å². The van der Waals surface area contributed by atoms with Crippen LogP contribution in [0.25, 0.3) is 10.8 Å². The molecule has 4 nitrogen and oxygen atoms in total. The van der Waals surface area contributed by atoms with Crippen LogP contribution in [0.1, 0.15) is 18.5 Å². The molecular weight excluding hydrogens is 366 g/mol. The van der Waals surface area contributed by atoms with Gasteiger partial charge in [-0.1, -0.05) is 42.5 Å². The van der Waals surface area contributed by atoms with E-state index in [-0.39, 0.29) is 18.5 Å². The molecule has 0 saturated carbocycles. The summed E-state index contributed by atoms with van der Waals surface area (Å²) in [6, 6.07) is 18.2. The zero-order chi connectivity index (χ0) is 16.9. The Labute approximate surface area is 149 Å². The number of aromatic nitrogens is 1. The monoisotopic (exact) mass is 383 g/mol. The number of rotatable bonds is 5. The molecule has 0 aliphatic carbocycles. The molecule has 0 spiro atoms. The van der Waals surface area contributed by atoms with E-state index in [2.05, 4.69) is 62.7 Å². The van der Waals surface area contributed by atoms with Gasteiger partial charge < -0.3 is 10.6 Å². The van der Waals surface area contributed by atoms with E-state index < -0.39 is 0 Å². The van der Waals surface area contributed by atoms with Gasteiger partial charge in [0.15, 0.2) is 0 Å². The lowest BCUT2D eigenvalue weighted by molar-refractivity contribution is -0.115. The van der Waals surface area contributed by atoms with Crippen molar-refractivity contribution in [2.75, 3.05) is 11.9 Å². The van der Waals surface area contributed by atoms with Crippen LogP contribution in [0.15, 0.2) is 65.3 Å². The van der Waals surface area contributed by atoms with Crippen LogP contribution in [-0.2, 0) is 4.79 Å². The third kappa shape index (κ3) is 3.99. The van der Waals surface area contributed by atoms with Gasteiger partial charge in [0.25, 0.3) is 0 Å². The van der Waals surface area contributed by atoms with Crippen LogP contribution in [0.5, 0.6) is 0 Å². The fourth-order valence-corrected chi connectivity index (χ4v) is 2.86. The zero-order valence-corrected chi connectivity index (χ0v) is 14.9. The minimum Gasteiger partial charge on any atom is -0.310 e. The van der Waals surface area contributed by atoms with Crippen molar-refractivity contribution in [1.82, 2.24) is 10.3 Å². The first-order valence-corrected chi connectivity index (χ1v) is 8.55. The van der Waals surface area contributed by atoms with E-state index in [1.54, 1.807) is 12.3 Å². The number of halogens is 1. The SMILES string of the molecule is CC(NCC(=O)Nc1ccc(Br)cn1)c1cccc2ccccc12. The Kier molecular flexibility index (Phi) is 5.23. The fourth-order valence-electron chi connectivity index (χ4n) is 2.62. The second-order valence-corrected chi connectivity index (χ2v) is 6.50. The summed E-state index contributed by atoms with van der Waals surface area (Å²) < 4.78 is 0.878. The van der Waals surface area contributed by atoms with E-state index in [0.29, 0.717) is 5.82 Å². The maximum absolute atomic E-state index is 12.1. The molecule has 0 radical (unpaired) electrons. The standard InChI is InChI=1S/C19H18BrN3O/c1-13(16-8-4-6-14-5-2-3-7-17(14)16)21-12-19(24)23-18-10-9-15(20)11-22-18/h2-11,13,21H,12H2,1H3,(H,22,23,24). The third-order valence-electron chi connectivity index (χ3n) is 3.85. The van der Waals surface area contributed by atoms with Gasteiger partial charge in [0.05, 0.1) is 6.54 Å². The molecule has 0 aliphatic rings. The lowest BCUT2D eigenvalue weighted by Crippen LogP contribution is -2.30. The maximum atomic E-state index is 12.1. The molecule has 1 heterocycles. The first-order valence-electron chi connectivity index (χ1n) is 7.76. The molecule has 1 amide bonds. The highest BCUT2D eigenvalue weighted by atomic mass is 79.9. The van der Waals surface area contributed by atoms with Gasteiger partial charge in [0.2, 0.25) is 5.91 Å². The van der Waals surface area contributed by atoms with Crippen molar-refractivity contribution in [3.8, 4) is 0 Å². The first kappa shape index (κ1) is 16.6. The summed E-state index contributed by atoms with van der Waals surface area (Å²) in [6.07, 6.45) is 1.65. The summed E-state index contributed by atoms with van der Waals surface area (Å²) in [5, 5.41) is 8.46. The average molecular weight is 384 g/mol. The van der Waals surface area contributed by atoms with Crippen molar-refractivity contribution in [3.05, 3.63) is 70.8 Å². The highest BCUT2D eigenvalue weighted by Gasteiger charge is 2.11. The van der Waals surface area contributed by atoms with Gasteiger partial charge in [-0.15, -0.1) is 0 Å². The number of nitrogens with one attached hydrogen (secondary N) is 2. The van der Waals surface area contributed by atoms with Gasteiger partial charge in [-0.25, -0.2) is 4.98 Å². The fraction of sp³-hybridized carbons (Fsp3) is 0.158. The van der Waals surface area contributed by atoms with Crippen LogP contribution >= 0.6 is 15.9 Å². The molecule has 3 aromatic rings. The number of fused-ring (bicyclic) bond motifs is 1. The highest BCUT2D eigenvalue weighted by Crippen LogP contribution is 2.23. The van der Waals surface area contributed by atoms with Crippen LogP contribution in [0.4, 0.5) is 5.82 Å². The van der Waals surface area contributed by atoms with Gasteiger partial charge in [0, 0.05) is 16.7 Å². The summed E-state index contributed by atoms with van der Waals surface area (Å²) in [6.45, 7) is 2.29. The number of nitrogens with zero attached hydrogens (tertiary/aromatic N) is 1. The smallest absolute Gasteiger partial charge is 0.239 e. The minimum atomic E-state index is -0.114. The van der Waals surface area contributed by atoms with Crippen LogP contribution in [0.2, 0.25) is 0 Å². The van der Waals surface area contributed by atoms with E-state index in [1.165, 1.54) is 16.3 Å². The maximum Gasteiger partial charge on any atom is 0.239 e. The Balaban J connectivity index is 1.63. The van der Waals surface area contributed by atoms with Gasteiger partial charge >= 0.3 is 0 Å². The van der Waals surface area contributed by atoms with Crippen molar-refractivity contribution in [2.45, 2.75) is 13.0 Å². The Morgan fingerprint density at radius 1 is 1.12 bits per heavy atom. The van der Waals surface area contributed by atoms with Gasteiger partial charge in [-0.05, 0) is 51.3 Å². The molecule has 2 aromatic carbocycles. The molecule has 3 rings (SSSR count). The van der Waals surface area contributed by atoms with E-state index in [0.717, 1.165) is 4.47 Å². The zero-order valence-electron chi connectivity index (χ0n) is 13.3. The summed E-state index contributed by atoms with van der Waals surface area (Å²) in [5.41, 5.74) is 1.18. The predicted octanol–water partition coefficient (Wildman–Crippen LogP) is 4.29. The second-order valence-electron chi connectivity index (χ2n) is 5.58.